The average Bonchev–Trinajstić information content (AvgIpc) is 3.33. The molecule has 2 fully saturated rings. The van der Waals surface area contributed by atoms with Crippen molar-refractivity contribution < 1.29 is 44.3 Å². The normalized spacial score (nSPS) is 17.7. The van der Waals surface area contributed by atoms with E-state index in [-0.39, 0.29) is 95.6 Å². The third kappa shape index (κ3) is 11.3. The van der Waals surface area contributed by atoms with Crippen LogP contribution in [-0.4, -0.2) is 93.0 Å². The van der Waals surface area contributed by atoms with E-state index in [0.717, 1.165) is 32.5 Å². The SMILES string of the molecule is O=C(COc1cccc(C(O)(C(=O)OCC2CCN(Cc3ccccc3)CC2)c2ccccc2)c1)NC1CC(NC(=O)c2ccc(CNC[C@H](O)c3ccc(O)c4[nH]c(=O)ccc34)c(O)c2)C1. The van der Waals surface area contributed by atoms with Crippen LogP contribution in [-0.2, 0) is 33.0 Å². The fraction of sp³-hybridized carbons (Fsp3) is 0.308. The van der Waals surface area contributed by atoms with Crippen molar-refractivity contribution in [3.63, 3.8) is 0 Å². The van der Waals surface area contributed by atoms with Gasteiger partial charge in [-0.1, -0.05) is 84.9 Å². The van der Waals surface area contributed by atoms with Gasteiger partial charge in [0.2, 0.25) is 11.2 Å². The summed E-state index contributed by atoms with van der Waals surface area (Å²) >= 11 is 0. The summed E-state index contributed by atoms with van der Waals surface area (Å²) in [5.41, 5.74) is 0.863. The maximum Gasteiger partial charge on any atom is 0.347 e. The highest BCUT2D eigenvalue weighted by molar-refractivity contribution is 5.95. The van der Waals surface area contributed by atoms with Crippen LogP contribution in [0.4, 0.5) is 0 Å². The molecule has 6 aromatic rings. The number of pyridine rings is 1. The molecule has 67 heavy (non-hydrogen) atoms. The first-order chi connectivity index (χ1) is 32.4. The number of phenolic OH excluding ortho intramolecular Hbond substituents is 2. The standard InChI is InChI=1S/C52H55N5O10/c58-44-18-16-42(43-17-19-47(61)56-49(43)44)46(60)29-53-28-36-15-14-35(24-45(36)59)50(63)55-40-26-39(27-40)54-48(62)32-66-41-13-7-12-38(25-41)52(65,37-10-5-2-6-11-37)51(64)67-31-34-20-22-57(23-21-34)30-33-8-3-1-4-9-33/h1-19,24-25,34,39-40,46,53,58-60,65H,20-23,26-32H2,(H,54,62)(H,55,63)(H,56,61)/t39?,40?,46-,52?/m0/s1. The highest BCUT2D eigenvalue weighted by Crippen LogP contribution is 2.34. The average molecular weight is 910 g/mol. The molecule has 0 bridgehead atoms. The van der Waals surface area contributed by atoms with Crippen molar-refractivity contribution in [2.75, 3.05) is 32.8 Å². The molecule has 1 aromatic heterocycles. The molecule has 15 heteroatoms. The number of nitrogens with one attached hydrogen (secondary N) is 4. The molecule has 1 aliphatic heterocycles. The Bertz CT molecular complexity index is 2740. The molecule has 2 amide bonds. The van der Waals surface area contributed by atoms with Crippen LogP contribution < -0.4 is 26.2 Å². The number of carbonyl (C=O) groups excluding carboxylic acids is 3. The van der Waals surface area contributed by atoms with E-state index in [1.807, 2.05) is 18.2 Å². The van der Waals surface area contributed by atoms with Crippen LogP contribution in [0.1, 0.15) is 70.0 Å². The number of carbonyl (C=O) groups is 3. The van der Waals surface area contributed by atoms with Crippen LogP contribution in [0, 0.1) is 5.92 Å². The van der Waals surface area contributed by atoms with E-state index in [4.69, 9.17) is 9.47 Å². The van der Waals surface area contributed by atoms with Crippen molar-refractivity contribution in [1.29, 1.82) is 0 Å². The summed E-state index contributed by atoms with van der Waals surface area (Å²) < 4.78 is 11.7. The number of aromatic hydroxyl groups is 2. The smallest absolute Gasteiger partial charge is 0.347 e. The van der Waals surface area contributed by atoms with E-state index in [9.17, 15) is 39.6 Å². The Morgan fingerprint density at radius 2 is 1.51 bits per heavy atom. The van der Waals surface area contributed by atoms with Crippen LogP contribution in [0.15, 0.2) is 132 Å². The molecule has 8 N–H and O–H groups in total. The zero-order chi connectivity index (χ0) is 46.9. The summed E-state index contributed by atoms with van der Waals surface area (Å²) in [6.07, 6.45) is 1.75. The number of ether oxygens (including phenoxy) is 2. The van der Waals surface area contributed by atoms with Gasteiger partial charge >= 0.3 is 5.97 Å². The summed E-state index contributed by atoms with van der Waals surface area (Å²) in [5.74, 6) is -1.29. The first-order valence-corrected chi connectivity index (χ1v) is 22.5. The van der Waals surface area contributed by atoms with E-state index in [1.54, 1.807) is 66.7 Å². The van der Waals surface area contributed by atoms with Crippen molar-refractivity contribution >= 4 is 28.7 Å². The van der Waals surface area contributed by atoms with Crippen molar-refractivity contribution in [3.8, 4) is 17.2 Å². The van der Waals surface area contributed by atoms with Gasteiger partial charge in [0.1, 0.15) is 17.2 Å². The number of aromatic amines is 1. The number of amides is 2. The molecule has 0 radical (unpaired) electrons. The fourth-order valence-electron chi connectivity index (χ4n) is 8.74. The topological polar surface area (TPSA) is 223 Å². The lowest BCUT2D eigenvalue weighted by molar-refractivity contribution is -0.164. The van der Waals surface area contributed by atoms with Gasteiger partial charge in [-0.05, 0) is 97.8 Å². The summed E-state index contributed by atoms with van der Waals surface area (Å²) in [6.45, 7) is 2.82. The minimum Gasteiger partial charge on any atom is -0.508 e. The zero-order valence-electron chi connectivity index (χ0n) is 36.9. The number of rotatable bonds is 18. The monoisotopic (exact) mass is 909 g/mol. The zero-order valence-corrected chi connectivity index (χ0v) is 36.9. The highest BCUT2D eigenvalue weighted by Gasteiger charge is 2.42. The van der Waals surface area contributed by atoms with Gasteiger partial charge < -0.3 is 50.8 Å². The third-order valence-corrected chi connectivity index (χ3v) is 12.6. The van der Waals surface area contributed by atoms with Crippen LogP contribution in [0.3, 0.4) is 0 Å². The number of aromatic nitrogens is 1. The number of piperidine rings is 1. The van der Waals surface area contributed by atoms with E-state index >= 15 is 0 Å². The maximum atomic E-state index is 13.8. The number of phenols is 2. The molecular weight excluding hydrogens is 855 g/mol. The molecule has 2 aliphatic rings. The van der Waals surface area contributed by atoms with Crippen LogP contribution in [0.2, 0.25) is 0 Å². The van der Waals surface area contributed by atoms with E-state index < -0.39 is 17.7 Å². The number of fused-ring (bicyclic) bond motifs is 1. The Labute approximate surface area is 387 Å². The lowest BCUT2D eigenvalue weighted by Crippen LogP contribution is -2.54. The molecule has 1 saturated heterocycles. The predicted molar refractivity (Wildman–Crippen MR) is 250 cm³/mol. The molecule has 8 rings (SSSR count). The fourth-order valence-corrected chi connectivity index (χ4v) is 8.74. The summed E-state index contributed by atoms with van der Waals surface area (Å²) in [6, 6.07) is 35.4. The number of aliphatic hydroxyl groups excluding tert-OH is 1. The van der Waals surface area contributed by atoms with Crippen LogP contribution in [0.5, 0.6) is 17.2 Å². The molecule has 2 heterocycles. The number of benzene rings is 5. The first-order valence-electron chi connectivity index (χ1n) is 22.5. The van der Waals surface area contributed by atoms with E-state index in [0.29, 0.717) is 34.9 Å². The number of hydrogen-bond acceptors (Lipinski definition) is 12. The van der Waals surface area contributed by atoms with Gasteiger partial charge in [0, 0.05) is 59.9 Å². The van der Waals surface area contributed by atoms with Gasteiger partial charge in [0.05, 0.1) is 18.2 Å². The maximum absolute atomic E-state index is 13.8. The Kier molecular flexibility index (Phi) is 14.6. The van der Waals surface area contributed by atoms with Crippen molar-refractivity contribution in [3.05, 3.63) is 171 Å². The van der Waals surface area contributed by atoms with Crippen LogP contribution >= 0.6 is 0 Å². The third-order valence-electron chi connectivity index (χ3n) is 12.6. The predicted octanol–water partition coefficient (Wildman–Crippen LogP) is 4.91. The number of nitrogens with zero attached hydrogens (tertiary/aromatic N) is 1. The number of hydrogen-bond donors (Lipinski definition) is 8. The molecule has 2 atom stereocenters. The van der Waals surface area contributed by atoms with Crippen molar-refractivity contribution in [1.82, 2.24) is 25.8 Å². The summed E-state index contributed by atoms with van der Waals surface area (Å²) in [7, 11) is 0. The number of aliphatic hydroxyl groups is 2. The Balaban J connectivity index is 0.773. The first kappa shape index (κ1) is 46.5. The molecule has 1 saturated carbocycles. The molecular formula is C52H55N5O10. The lowest BCUT2D eigenvalue weighted by Gasteiger charge is -2.36. The van der Waals surface area contributed by atoms with Gasteiger partial charge in [-0.15, -0.1) is 0 Å². The summed E-state index contributed by atoms with van der Waals surface area (Å²) in [4.78, 5) is 56.5. The van der Waals surface area contributed by atoms with E-state index in [2.05, 4.69) is 38.0 Å². The number of esters is 1. The Morgan fingerprint density at radius 3 is 2.25 bits per heavy atom. The van der Waals surface area contributed by atoms with Gasteiger partial charge in [0.15, 0.2) is 6.61 Å². The molecule has 348 valence electrons. The number of H-pyrrole nitrogens is 1. The second kappa shape index (κ2) is 21.1. The quantitative estimate of drug-likeness (QED) is 0.0540. The molecule has 15 nitrogen and oxygen atoms in total. The van der Waals surface area contributed by atoms with Crippen LogP contribution in [0.25, 0.3) is 10.9 Å². The van der Waals surface area contributed by atoms with E-state index in [1.165, 1.54) is 35.9 Å². The molecule has 1 unspecified atom stereocenters. The second-order valence-corrected chi connectivity index (χ2v) is 17.4. The van der Waals surface area contributed by atoms with Gasteiger partial charge in [-0.2, -0.15) is 0 Å². The van der Waals surface area contributed by atoms with Gasteiger partial charge in [0.25, 0.3) is 11.8 Å². The summed E-state index contributed by atoms with van der Waals surface area (Å²) in [5, 5.41) is 53.3. The molecule has 1 aliphatic carbocycles. The molecule has 5 aromatic carbocycles. The van der Waals surface area contributed by atoms with Gasteiger partial charge in [-0.25, -0.2) is 4.79 Å². The Morgan fingerprint density at radius 1 is 0.791 bits per heavy atom. The van der Waals surface area contributed by atoms with Crippen molar-refractivity contribution in [2.24, 2.45) is 5.92 Å². The van der Waals surface area contributed by atoms with Crippen molar-refractivity contribution in [2.45, 2.75) is 62.6 Å². The second-order valence-electron chi connectivity index (χ2n) is 17.4. The molecule has 0 spiro atoms. The largest absolute Gasteiger partial charge is 0.508 e. The lowest BCUT2D eigenvalue weighted by atomic mass is 9.86. The van der Waals surface area contributed by atoms with Gasteiger partial charge in [-0.3, -0.25) is 19.3 Å². The minimum absolute atomic E-state index is 0.0994. The number of likely N-dealkylation sites (tertiary alicyclic amines) is 1. The Hall–Kier alpha value is -7.04. The highest BCUT2D eigenvalue weighted by atomic mass is 16.6. The minimum atomic E-state index is -2.12.